The summed E-state index contributed by atoms with van der Waals surface area (Å²) in [4.78, 5) is 12.2. The second-order valence-corrected chi connectivity index (χ2v) is 7.25. The van der Waals surface area contributed by atoms with E-state index in [4.69, 9.17) is 5.73 Å². The summed E-state index contributed by atoms with van der Waals surface area (Å²) in [5, 5.41) is 0. The Morgan fingerprint density at radius 2 is 2.24 bits per heavy atom. The van der Waals surface area contributed by atoms with Crippen LogP contribution in [0, 0.1) is 5.92 Å². The van der Waals surface area contributed by atoms with Crippen molar-refractivity contribution in [3.05, 3.63) is 19.2 Å². The maximum Gasteiger partial charge on any atom is 0.305 e. The molecule has 96 valence electrons. The molecule has 3 nitrogen and oxygen atoms in total. The maximum atomic E-state index is 11.1. The Morgan fingerprint density at radius 1 is 1.59 bits per heavy atom. The quantitative estimate of drug-likeness (QED) is 0.784. The van der Waals surface area contributed by atoms with E-state index in [1.165, 1.54) is 7.11 Å². The predicted octanol–water partition coefficient (Wildman–Crippen LogP) is 3.86. The number of hydrogen-bond acceptors (Lipinski definition) is 4. The zero-order valence-electron chi connectivity index (χ0n) is 9.70. The third-order valence-corrected chi connectivity index (χ3v) is 5.82. The average Bonchev–Trinajstić information content (AvgIpc) is 2.59. The van der Waals surface area contributed by atoms with Crippen molar-refractivity contribution in [3.63, 3.8) is 0 Å². The molecule has 1 aromatic heterocycles. The fourth-order valence-electron chi connectivity index (χ4n) is 1.55. The number of esters is 1. The molecule has 17 heavy (non-hydrogen) atoms. The van der Waals surface area contributed by atoms with Crippen LogP contribution in [0.4, 0.5) is 0 Å². The van der Waals surface area contributed by atoms with Gasteiger partial charge in [-0.3, -0.25) is 4.79 Å². The highest BCUT2D eigenvalue weighted by Crippen LogP contribution is 2.36. The van der Waals surface area contributed by atoms with E-state index in [2.05, 4.69) is 36.6 Å². The van der Waals surface area contributed by atoms with Crippen molar-refractivity contribution in [3.8, 4) is 0 Å². The Balaban J connectivity index is 2.54. The molecule has 0 saturated carbocycles. The fraction of sp³-hybridized carbons (Fsp3) is 0.545. The first-order valence-electron chi connectivity index (χ1n) is 5.21. The van der Waals surface area contributed by atoms with Gasteiger partial charge in [0.25, 0.3) is 0 Å². The van der Waals surface area contributed by atoms with E-state index in [0.717, 1.165) is 19.6 Å². The second kappa shape index (κ2) is 6.87. The Kier molecular flexibility index (Phi) is 6.12. The van der Waals surface area contributed by atoms with Crippen molar-refractivity contribution in [2.24, 2.45) is 11.7 Å². The standard InChI is InChI=1S/C11H15Br2NO2S/c1-6(4-10(15)16-2)3-8(14)9-5-7(12)11(13)17-9/h5-6,8H,3-4,14H2,1-2H3. The number of methoxy groups -OCH3 is 1. The summed E-state index contributed by atoms with van der Waals surface area (Å²) in [6.45, 7) is 2.01. The normalized spacial score (nSPS) is 14.4. The monoisotopic (exact) mass is 383 g/mol. The molecule has 1 rings (SSSR count). The first-order chi connectivity index (χ1) is 7.93. The van der Waals surface area contributed by atoms with E-state index in [0.29, 0.717) is 6.42 Å². The highest BCUT2D eigenvalue weighted by atomic mass is 79.9. The number of carbonyl (C=O) groups is 1. The van der Waals surface area contributed by atoms with Gasteiger partial charge in [-0.25, -0.2) is 0 Å². The smallest absolute Gasteiger partial charge is 0.305 e. The number of carbonyl (C=O) groups excluding carboxylic acids is 1. The van der Waals surface area contributed by atoms with Gasteiger partial charge in [-0.1, -0.05) is 6.92 Å². The van der Waals surface area contributed by atoms with E-state index < -0.39 is 0 Å². The van der Waals surface area contributed by atoms with Gasteiger partial charge in [-0.05, 0) is 50.3 Å². The van der Waals surface area contributed by atoms with Crippen LogP contribution < -0.4 is 5.73 Å². The van der Waals surface area contributed by atoms with Gasteiger partial charge in [-0.2, -0.15) is 0 Å². The lowest BCUT2D eigenvalue weighted by atomic mass is 9.98. The summed E-state index contributed by atoms with van der Waals surface area (Å²) in [6.07, 6.45) is 1.19. The first kappa shape index (κ1) is 15.1. The summed E-state index contributed by atoms with van der Waals surface area (Å²) in [5.74, 6) is 0.0374. The van der Waals surface area contributed by atoms with Gasteiger partial charge >= 0.3 is 5.97 Å². The minimum Gasteiger partial charge on any atom is -0.469 e. The molecule has 1 aromatic rings. The van der Waals surface area contributed by atoms with E-state index in [1.807, 2.05) is 13.0 Å². The molecular formula is C11H15Br2NO2S. The van der Waals surface area contributed by atoms with Crippen LogP contribution in [0.1, 0.15) is 30.7 Å². The molecular weight excluding hydrogens is 370 g/mol. The largest absolute Gasteiger partial charge is 0.469 e. The summed E-state index contributed by atoms with van der Waals surface area (Å²) in [5.41, 5.74) is 6.11. The van der Waals surface area contributed by atoms with E-state index in [1.54, 1.807) is 11.3 Å². The number of nitrogens with two attached hydrogens (primary N) is 1. The molecule has 2 unspecified atom stereocenters. The molecule has 1 heterocycles. The zero-order valence-corrected chi connectivity index (χ0v) is 13.7. The number of hydrogen-bond donors (Lipinski definition) is 1. The molecule has 0 spiro atoms. The van der Waals surface area contributed by atoms with Crippen LogP contribution in [0.2, 0.25) is 0 Å². The van der Waals surface area contributed by atoms with Gasteiger partial charge in [0.15, 0.2) is 0 Å². The summed E-state index contributed by atoms with van der Waals surface area (Å²) < 4.78 is 6.71. The van der Waals surface area contributed by atoms with Crippen LogP contribution in [0.3, 0.4) is 0 Å². The van der Waals surface area contributed by atoms with Gasteiger partial charge < -0.3 is 10.5 Å². The van der Waals surface area contributed by atoms with Gasteiger partial charge in [0.1, 0.15) is 0 Å². The minimum atomic E-state index is -0.182. The maximum absolute atomic E-state index is 11.1. The van der Waals surface area contributed by atoms with Crippen LogP contribution in [-0.2, 0) is 9.53 Å². The number of thiophene rings is 1. The molecule has 0 aliphatic heterocycles. The first-order valence-corrected chi connectivity index (χ1v) is 7.61. The molecule has 0 bridgehead atoms. The molecule has 0 radical (unpaired) electrons. The molecule has 0 fully saturated rings. The molecule has 0 amide bonds. The summed E-state index contributed by atoms with van der Waals surface area (Å²) >= 11 is 8.50. The lowest BCUT2D eigenvalue weighted by Gasteiger charge is -2.14. The topological polar surface area (TPSA) is 52.3 Å². The SMILES string of the molecule is COC(=O)CC(C)CC(N)c1cc(Br)c(Br)s1. The molecule has 0 aliphatic carbocycles. The zero-order chi connectivity index (χ0) is 13.0. The fourth-order valence-corrected chi connectivity index (χ4v) is 3.65. The van der Waals surface area contributed by atoms with Crippen LogP contribution in [0.15, 0.2) is 14.3 Å². The van der Waals surface area contributed by atoms with Gasteiger partial charge in [0.2, 0.25) is 0 Å². The highest BCUT2D eigenvalue weighted by Gasteiger charge is 2.17. The molecule has 6 heteroatoms. The highest BCUT2D eigenvalue weighted by molar-refractivity contribution is 9.13. The number of ether oxygens (including phenoxy) is 1. The minimum absolute atomic E-state index is 0.0396. The van der Waals surface area contributed by atoms with Crippen LogP contribution in [0.25, 0.3) is 0 Å². The van der Waals surface area contributed by atoms with E-state index >= 15 is 0 Å². The van der Waals surface area contributed by atoms with E-state index in [-0.39, 0.29) is 17.9 Å². The molecule has 0 aromatic carbocycles. The second-order valence-electron chi connectivity index (χ2n) is 4.00. The van der Waals surface area contributed by atoms with Crippen molar-refractivity contribution in [1.82, 2.24) is 0 Å². The van der Waals surface area contributed by atoms with Crippen molar-refractivity contribution in [2.75, 3.05) is 7.11 Å². The van der Waals surface area contributed by atoms with Crippen molar-refractivity contribution in [1.29, 1.82) is 0 Å². The van der Waals surface area contributed by atoms with Crippen molar-refractivity contribution >= 4 is 49.2 Å². The predicted molar refractivity (Wildman–Crippen MR) is 77.1 cm³/mol. The Morgan fingerprint density at radius 3 is 2.71 bits per heavy atom. The Hall–Kier alpha value is 0.0900. The lowest BCUT2D eigenvalue weighted by Crippen LogP contribution is -2.15. The van der Waals surface area contributed by atoms with Crippen LogP contribution in [0.5, 0.6) is 0 Å². The van der Waals surface area contributed by atoms with Crippen molar-refractivity contribution in [2.45, 2.75) is 25.8 Å². The average molecular weight is 385 g/mol. The van der Waals surface area contributed by atoms with Crippen LogP contribution >= 0.6 is 43.2 Å². The third kappa shape index (κ3) is 4.69. The summed E-state index contributed by atoms with van der Waals surface area (Å²) in [6, 6.07) is 1.98. The molecule has 0 aliphatic rings. The molecule has 2 atom stereocenters. The van der Waals surface area contributed by atoms with E-state index in [9.17, 15) is 4.79 Å². The molecule has 2 N–H and O–H groups in total. The van der Waals surface area contributed by atoms with Gasteiger partial charge in [-0.15, -0.1) is 11.3 Å². The Labute approximate surface area is 122 Å². The number of rotatable bonds is 5. The van der Waals surface area contributed by atoms with Gasteiger partial charge in [0, 0.05) is 21.8 Å². The summed E-state index contributed by atoms with van der Waals surface area (Å²) in [7, 11) is 1.41. The Bertz CT molecular complexity index is 375. The third-order valence-electron chi connectivity index (χ3n) is 2.43. The van der Waals surface area contributed by atoms with Gasteiger partial charge in [0.05, 0.1) is 10.9 Å². The molecule has 0 saturated heterocycles. The van der Waals surface area contributed by atoms with Crippen LogP contribution in [-0.4, -0.2) is 13.1 Å². The number of halogens is 2. The van der Waals surface area contributed by atoms with Crippen molar-refractivity contribution < 1.29 is 9.53 Å². The lowest BCUT2D eigenvalue weighted by molar-refractivity contribution is -0.141.